The molecule has 27 heavy (non-hydrogen) atoms. The molecule has 3 rings (SSSR count). The molecule has 0 aliphatic carbocycles. The summed E-state index contributed by atoms with van der Waals surface area (Å²) in [5, 5.41) is 4.07. The van der Waals surface area contributed by atoms with E-state index in [0.717, 1.165) is 23.0 Å². The van der Waals surface area contributed by atoms with E-state index in [1.807, 2.05) is 24.3 Å². The highest BCUT2D eigenvalue weighted by atomic mass is 35.5. The predicted molar refractivity (Wildman–Crippen MR) is 107 cm³/mol. The molecule has 0 aliphatic rings. The van der Waals surface area contributed by atoms with E-state index in [0.29, 0.717) is 35.4 Å². The number of methoxy groups -OCH3 is 1. The number of nitrogens with one attached hydrogen (secondary N) is 1. The highest BCUT2D eigenvalue weighted by molar-refractivity contribution is 6.17. The predicted octanol–water partition coefficient (Wildman–Crippen LogP) is 4.59. The van der Waals surface area contributed by atoms with E-state index < -0.39 is 0 Å². The highest BCUT2D eigenvalue weighted by Crippen LogP contribution is 2.34. The van der Waals surface area contributed by atoms with E-state index in [-0.39, 0.29) is 5.78 Å². The quantitative estimate of drug-likeness (QED) is 0.347. The Morgan fingerprint density at radius 3 is 2.59 bits per heavy atom. The van der Waals surface area contributed by atoms with Crippen molar-refractivity contribution in [1.29, 1.82) is 0 Å². The second kappa shape index (κ2) is 8.68. The Morgan fingerprint density at radius 2 is 1.93 bits per heavy atom. The number of nitrogens with zero attached hydrogens (tertiary/aromatic N) is 2. The van der Waals surface area contributed by atoms with E-state index in [1.54, 1.807) is 26.2 Å². The van der Waals surface area contributed by atoms with Crippen LogP contribution in [0.2, 0.25) is 0 Å². The Bertz CT molecular complexity index is 945. The molecule has 7 heteroatoms. The number of benzene rings is 2. The van der Waals surface area contributed by atoms with Gasteiger partial charge in [-0.05, 0) is 43.7 Å². The molecule has 0 unspecified atom stereocenters. The first kappa shape index (κ1) is 18.9. The average Bonchev–Trinajstić information content (AvgIpc) is 2.68. The number of rotatable bonds is 8. The smallest absolute Gasteiger partial charge is 0.162 e. The van der Waals surface area contributed by atoms with Gasteiger partial charge in [0.1, 0.15) is 12.1 Å². The van der Waals surface area contributed by atoms with Gasteiger partial charge < -0.3 is 14.8 Å². The van der Waals surface area contributed by atoms with Crippen molar-refractivity contribution >= 4 is 39.8 Å². The van der Waals surface area contributed by atoms with E-state index >= 15 is 0 Å². The summed E-state index contributed by atoms with van der Waals surface area (Å²) in [5.74, 6) is 2.41. The molecule has 3 aromatic rings. The summed E-state index contributed by atoms with van der Waals surface area (Å²) in [5.41, 5.74) is 2.21. The first-order valence-electron chi connectivity index (χ1n) is 8.52. The van der Waals surface area contributed by atoms with Crippen LogP contribution in [0.4, 0.5) is 11.5 Å². The summed E-state index contributed by atoms with van der Waals surface area (Å²) >= 11 is 5.72. The molecule has 0 fully saturated rings. The van der Waals surface area contributed by atoms with Crippen molar-refractivity contribution in [2.45, 2.75) is 13.3 Å². The topological polar surface area (TPSA) is 73.3 Å². The molecule has 1 heterocycles. The molecule has 0 spiro atoms. The Kier molecular flexibility index (Phi) is 6.08. The fraction of sp³-hybridized carbons (Fsp3) is 0.250. The number of hydrogen-bond acceptors (Lipinski definition) is 6. The zero-order valence-corrected chi connectivity index (χ0v) is 15.9. The molecule has 0 aliphatic heterocycles. The minimum atomic E-state index is 0.0277. The van der Waals surface area contributed by atoms with Crippen LogP contribution in [0.25, 0.3) is 10.9 Å². The van der Waals surface area contributed by atoms with E-state index in [9.17, 15) is 4.79 Å². The van der Waals surface area contributed by atoms with Gasteiger partial charge in [-0.15, -0.1) is 11.6 Å². The fourth-order valence-electron chi connectivity index (χ4n) is 2.60. The lowest BCUT2D eigenvalue weighted by Gasteiger charge is -2.13. The first-order chi connectivity index (χ1) is 13.1. The maximum Gasteiger partial charge on any atom is 0.162 e. The molecule has 0 saturated heterocycles. The Hall–Kier alpha value is -2.86. The maximum absolute atomic E-state index is 11.4. The number of anilines is 2. The summed E-state index contributed by atoms with van der Waals surface area (Å²) < 4.78 is 11.2. The third-order valence-corrected chi connectivity index (χ3v) is 4.28. The van der Waals surface area contributed by atoms with Crippen LogP contribution in [-0.4, -0.2) is 35.3 Å². The summed E-state index contributed by atoms with van der Waals surface area (Å²) in [4.78, 5) is 20.1. The van der Waals surface area contributed by atoms with Gasteiger partial charge in [0.25, 0.3) is 0 Å². The van der Waals surface area contributed by atoms with E-state index in [4.69, 9.17) is 21.1 Å². The van der Waals surface area contributed by atoms with Crippen molar-refractivity contribution in [3.63, 3.8) is 0 Å². The second-order valence-electron chi connectivity index (χ2n) is 5.89. The number of ether oxygens (including phenoxy) is 2. The highest BCUT2D eigenvalue weighted by Gasteiger charge is 2.12. The van der Waals surface area contributed by atoms with Crippen LogP contribution in [0.1, 0.15) is 23.7 Å². The average molecular weight is 386 g/mol. The van der Waals surface area contributed by atoms with Crippen LogP contribution in [0.5, 0.6) is 11.5 Å². The van der Waals surface area contributed by atoms with Gasteiger partial charge in [-0.25, -0.2) is 9.97 Å². The molecular weight excluding hydrogens is 366 g/mol. The second-order valence-corrected chi connectivity index (χ2v) is 6.27. The lowest BCUT2D eigenvalue weighted by molar-refractivity contribution is 0.101. The summed E-state index contributed by atoms with van der Waals surface area (Å²) in [6.07, 6.45) is 2.23. The molecule has 2 aromatic carbocycles. The number of carbonyl (C=O) groups excluding carboxylic acids is 1. The van der Waals surface area contributed by atoms with Gasteiger partial charge in [0.05, 0.1) is 19.2 Å². The van der Waals surface area contributed by atoms with Gasteiger partial charge >= 0.3 is 0 Å². The van der Waals surface area contributed by atoms with Gasteiger partial charge in [-0.2, -0.15) is 0 Å². The van der Waals surface area contributed by atoms with Crippen molar-refractivity contribution < 1.29 is 14.3 Å². The number of fused-ring (bicyclic) bond motifs is 1. The van der Waals surface area contributed by atoms with Crippen molar-refractivity contribution in [1.82, 2.24) is 9.97 Å². The Morgan fingerprint density at radius 1 is 1.15 bits per heavy atom. The van der Waals surface area contributed by atoms with E-state index in [1.165, 1.54) is 6.33 Å². The molecule has 0 bridgehead atoms. The standard InChI is InChI=1S/C20H20ClN3O3/c1-13(25)14-4-6-15(7-5-14)24-20-16-10-19(27-9-3-8-21)18(26-2)11-17(16)22-12-23-20/h4-7,10-12H,3,8-9H2,1-2H3,(H,22,23,24). The molecule has 140 valence electrons. The SMILES string of the molecule is COc1cc2ncnc(Nc3ccc(C(C)=O)cc3)c2cc1OCCCCl. The number of aromatic nitrogens is 2. The molecule has 1 N–H and O–H groups in total. The summed E-state index contributed by atoms with van der Waals surface area (Å²) in [6.45, 7) is 2.04. The number of Topliss-reactive ketones (excluding diaryl/α,β-unsaturated/α-hetero) is 1. The zero-order chi connectivity index (χ0) is 19.2. The number of carbonyl (C=O) groups is 1. The summed E-state index contributed by atoms with van der Waals surface area (Å²) in [7, 11) is 1.59. The van der Waals surface area contributed by atoms with Crippen molar-refractivity contribution in [2.24, 2.45) is 0 Å². The van der Waals surface area contributed by atoms with Gasteiger partial charge in [0.15, 0.2) is 17.3 Å². The third-order valence-electron chi connectivity index (χ3n) is 4.01. The molecule has 0 saturated carbocycles. The number of alkyl halides is 1. The molecule has 0 amide bonds. The lowest BCUT2D eigenvalue weighted by Crippen LogP contribution is -2.02. The van der Waals surface area contributed by atoms with Crippen molar-refractivity contribution in [3.05, 3.63) is 48.3 Å². The summed E-state index contributed by atoms with van der Waals surface area (Å²) in [6, 6.07) is 10.9. The Labute approximate surface area is 162 Å². The molecular formula is C20H20ClN3O3. The van der Waals surface area contributed by atoms with Gasteiger partial charge in [0, 0.05) is 28.6 Å². The number of halogens is 1. The van der Waals surface area contributed by atoms with E-state index in [2.05, 4.69) is 15.3 Å². The van der Waals surface area contributed by atoms with Crippen LogP contribution in [0.15, 0.2) is 42.7 Å². The fourth-order valence-corrected chi connectivity index (χ4v) is 2.71. The molecule has 0 atom stereocenters. The third kappa shape index (κ3) is 4.46. The molecule has 6 nitrogen and oxygen atoms in total. The first-order valence-corrected chi connectivity index (χ1v) is 9.05. The number of ketones is 1. The minimum Gasteiger partial charge on any atom is -0.493 e. The normalized spacial score (nSPS) is 10.6. The van der Waals surface area contributed by atoms with Crippen LogP contribution in [-0.2, 0) is 0 Å². The minimum absolute atomic E-state index is 0.0277. The number of hydrogen-bond donors (Lipinski definition) is 1. The van der Waals surface area contributed by atoms with Gasteiger partial charge in [0.2, 0.25) is 0 Å². The maximum atomic E-state index is 11.4. The monoisotopic (exact) mass is 385 g/mol. The molecule has 0 radical (unpaired) electrons. The Balaban J connectivity index is 1.94. The van der Waals surface area contributed by atoms with Gasteiger partial charge in [-0.3, -0.25) is 4.79 Å². The largest absolute Gasteiger partial charge is 0.493 e. The zero-order valence-electron chi connectivity index (χ0n) is 15.2. The lowest BCUT2D eigenvalue weighted by atomic mass is 10.1. The van der Waals surface area contributed by atoms with Crippen LogP contribution < -0.4 is 14.8 Å². The van der Waals surface area contributed by atoms with Crippen molar-refractivity contribution in [3.8, 4) is 11.5 Å². The van der Waals surface area contributed by atoms with Gasteiger partial charge in [-0.1, -0.05) is 0 Å². The van der Waals surface area contributed by atoms with Crippen molar-refractivity contribution in [2.75, 3.05) is 24.9 Å². The van der Waals surface area contributed by atoms with Crippen LogP contribution in [0.3, 0.4) is 0 Å². The van der Waals surface area contributed by atoms with Crippen LogP contribution >= 0.6 is 11.6 Å². The molecule has 1 aromatic heterocycles. The van der Waals surface area contributed by atoms with Crippen LogP contribution in [0, 0.1) is 0 Å².